The molecule has 1 N–H and O–H groups in total. The summed E-state index contributed by atoms with van der Waals surface area (Å²) in [4.78, 5) is 4.03. The van der Waals surface area contributed by atoms with Crippen molar-refractivity contribution in [3.63, 3.8) is 0 Å². The first-order chi connectivity index (χ1) is 8.90. The highest BCUT2D eigenvalue weighted by atomic mass is 16.4. The summed E-state index contributed by atoms with van der Waals surface area (Å²) in [5.41, 5.74) is 0.861. The lowest BCUT2D eigenvalue weighted by Crippen LogP contribution is -2.16. The molecule has 0 amide bonds. The van der Waals surface area contributed by atoms with Crippen LogP contribution in [-0.4, -0.2) is 28.3 Å². The molecule has 96 valence electrons. The monoisotopic (exact) mass is 246 g/mol. The molecule has 2 rings (SSSR count). The molecule has 0 aliphatic heterocycles. The lowest BCUT2D eigenvalue weighted by Gasteiger charge is -1.99. The van der Waals surface area contributed by atoms with Crippen LogP contribution in [0.5, 0.6) is 0 Å². The molecule has 0 aliphatic rings. The minimum absolute atomic E-state index is 0.541. The Kier molecular flexibility index (Phi) is 4.84. The maximum Gasteiger partial charge on any atom is 0.249 e. The summed E-state index contributed by atoms with van der Waals surface area (Å²) in [6.45, 7) is 4.20. The molecule has 0 fully saturated rings. The molecule has 0 spiro atoms. The van der Waals surface area contributed by atoms with Gasteiger partial charge in [-0.05, 0) is 38.1 Å². The predicted octanol–water partition coefficient (Wildman–Crippen LogP) is 2.06. The van der Waals surface area contributed by atoms with E-state index in [2.05, 4.69) is 27.4 Å². The van der Waals surface area contributed by atoms with Crippen molar-refractivity contribution in [2.24, 2.45) is 0 Å². The van der Waals surface area contributed by atoms with E-state index < -0.39 is 0 Å². The molecule has 0 radical (unpaired) electrons. The van der Waals surface area contributed by atoms with Crippen molar-refractivity contribution in [3.8, 4) is 11.5 Å². The van der Waals surface area contributed by atoms with Gasteiger partial charge in [0.25, 0.3) is 0 Å². The number of rotatable bonds is 7. The Bertz CT molecular complexity index is 455. The third-order valence-electron chi connectivity index (χ3n) is 2.55. The van der Waals surface area contributed by atoms with E-state index in [1.54, 1.807) is 12.4 Å². The van der Waals surface area contributed by atoms with Gasteiger partial charge in [-0.15, -0.1) is 10.2 Å². The molecule has 0 atom stereocenters. The topological polar surface area (TPSA) is 63.8 Å². The van der Waals surface area contributed by atoms with E-state index >= 15 is 0 Å². The van der Waals surface area contributed by atoms with Gasteiger partial charge in [0.2, 0.25) is 11.8 Å². The number of hydrogen-bond acceptors (Lipinski definition) is 5. The number of nitrogens with one attached hydrogen (secondary N) is 1. The molecule has 0 saturated carbocycles. The Hall–Kier alpha value is -1.75. The second-order valence-electron chi connectivity index (χ2n) is 4.10. The number of nitrogens with zero attached hydrogens (tertiary/aromatic N) is 3. The van der Waals surface area contributed by atoms with Crippen LogP contribution in [-0.2, 0) is 6.42 Å². The van der Waals surface area contributed by atoms with E-state index in [0.717, 1.165) is 37.9 Å². The van der Waals surface area contributed by atoms with Gasteiger partial charge in [-0.2, -0.15) is 0 Å². The Morgan fingerprint density at radius 3 is 3.00 bits per heavy atom. The Labute approximate surface area is 107 Å². The zero-order valence-electron chi connectivity index (χ0n) is 10.6. The average molecular weight is 246 g/mol. The Morgan fingerprint density at radius 1 is 1.28 bits per heavy atom. The lowest BCUT2D eigenvalue weighted by molar-refractivity contribution is 0.491. The predicted molar refractivity (Wildman–Crippen MR) is 69.0 cm³/mol. The summed E-state index contributed by atoms with van der Waals surface area (Å²) in [6, 6.07) is 3.76. The van der Waals surface area contributed by atoms with Gasteiger partial charge in [-0.3, -0.25) is 4.98 Å². The molecule has 2 heterocycles. The van der Waals surface area contributed by atoms with Gasteiger partial charge in [0.05, 0.1) is 5.56 Å². The molecule has 0 bridgehead atoms. The zero-order valence-corrected chi connectivity index (χ0v) is 10.6. The summed E-state index contributed by atoms with van der Waals surface area (Å²) in [7, 11) is 0. The summed E-state index contributed by atoms with van der Waals surface area (Å²) < 4.78 is 5.59. The third-order valence-corrected chi connectivity index (χ3v) is 2.55. The quantitative estimate of drug-likeness (QED) is 0.758. The fraction of sp³-hybridized carbons (Fsp3) is 0.462. The third kappa shape index (κ3) is 3.63. The summed E-state index contributed by atoms with van der Waals surface area (Å²) in [6.07, 6.45) is 6.42. The Morgan fingerprint density at radius 2 is 2.22 bits per heavy atom. The van der Waals surface area contributed by atoms with E-state index in [-0.39, 0.29) is 0 Å². The van der Waals surface area contributed by atoms with Crippen LogP contribution < -0.4 is 5.32 Å². The van der Waals surface area contributed by atoms with Crippen LogP contribution >= 0.6 is 0 Å². The van der Waals surface area contributed by atoms with Crippen LogP contribution in [0.2, 0.25) is 0 Å². The number of aromatic nitrogens is 3. The zero-order chi connectivity index (χ0) is 12.6. The second kappa shape index (κ2) is 6.86. The van der Waals surface area contributed by atoms with Gasteiger partial charge < -0.3 is 9.73 Å². The fourth-order valence-electron chi connectivity index (χ4n) is 1.63. The smallest absolute Gasteiger partial charge is 0.249 e. The van der Waals surface area contributed by atoms with Crippen molar-refractivity contribution < 1.29 is 4.42 Å². The van der Waals surface area contributed by atoms with Gasteiger partial charge in [0.15, 0.2) is 0 Å². The number of hydrogen-bond donors (Lipinski definition) is 1. The molecule has 0 aliphatic carbocycles. The minimum atomic E-state index is 0.541. The molecule has 18 heavy (non-hydrogen) atoms. The fourth-order valence-corrected chi connectivity index (χ4v) is 1.63. The highest BCUT2D eigenvalue weighted by molar-refractivity contribution is 5.49. The Balaban J connectivity index is 1.83. The van der Waals surface area contributed by atoms with Gasteiger partial charge in [0.1, 0.15) is 0 Å². The maximum atomic E-state index is 5.59. The molecule has 2 aromatic heterocycles. The van der Waals surface area contributed by atoms with Crippen LogP contribution in [0.15, 0.2) is 28.9 Å². The average Bonchev–Trinajstić information content (AvgIpc) is 2.88. The molecule has 5 nitrogen and oxygen atoms in total. The van der Waals surface area contributed by atoms with E-state index in [1.807, 2.05) is 12.1 Å². The highest BCUT2D eigenvalue weighted by Gasteiger charge is 2.07. The highest BCUT2D eigenvalue weighted by Crippen LogP contribution is 2.16. The summed E-state index contributed by atoms with van der Waals surface area (Å²) >= 11 is 0. The van der Waals surface area contributed by atoms with Gasteiger partial charge in [0, 0.05) is 18.8 Å². The van der Waals surface area contributed by atoms with E-state index in [1.165, 1.54) is 0 Å². The molecule has 2 aromatic rings. The molecule has 5 heteroatoms. The van der Waals surface area contributed by atoms with E-state index in [0.29, 0.717) is 11.8 Å². The molecular formula is C13H18N4O. The van der Waals surface area contributed by atoms with Crippen LogP contribution in [0.3, 0.4) is 0 Å². The summed E-state index contributed by atoms with van der Waals surface area (Å²) in [5, 5.41) is 11.4. The first-order valence-electron chi connectivity index (χ1n) is 6.33. The minimum Gasteiger partial charge on any atom is -0.421 e. The van der Waals surface area contributed by atoms with E-state index in [4.69, 9.17) is 4.42 Å². The largest absolute Gasteiger partial charge is 0.421 e. The van der Waals surface area contributed by atoms with Crippen molar-refractivity contribution in [1.82, 2.24) is 20.5 Å². The number of aryl methyl sites for hydroxylation is 1. The normalized spacial score (nSPS) is 10.7. The van der Waals surface area contributed by atoms with Gasteiger partial charge in [-0.1, -0.05) is 6.92 Å². The van der Waals surface area contributed by atoms with Crippen LogP contribution in [0.4, 0.5) is 0 Å². The van der Waals surface area contributed by atoms with Crippen molar-refractivity contribution in [2.75, 3.05) is 13.1 Å². The second-order valence-corrected chi connectivity index (χ2v) is 4.10. The standard InChI is InChI=1S/C13H18N4O/c1-2-7-14-8-4-6-12-16-17-13(18-12)11-5-3-9-15-10-11/h3,5,9-10,14H,2,4,6-8H2,1H3. The molecular weight excluding hydrogens is 228 g/mol. The molecule has 0 saturated heterocycles. The molecule has 0 aromatic carbocycles. The van der Waals surface area contributed by atoms with Crippen LogP contribution in [0, 0.1) is 0 Å². The SMILES string of the molecule is CCCNCCCc1nnc(-c2cccnc2)o1. The molecule has 0 unspecified atom stereocenters. The van der Waals surface area contributed by atoms with Crippen molar-refractivity contribution in [2.45, 2.75) is 26.2 Å². The maximum absolute atomic E-state index is 5.59. The first kappa shape index (κ1) is 12.7. The van der Waals surface area contributed by atoms with E-state index in [9.17, 15) is 0 Å². The first-order valence-corrected chi connectivity index (χ1v) is 6.33. The van der Waals surface area contributed by atoms with Crippen molar-refractivity contribution in [1.29, 1.82) is 0 Å². The van der Waals surface area contributed by atoms with Gasteiger partial charge in [-0.25, -0.2) is 0 Å². The van der Waals surface area contributed by atoms with Crippen LogP contribution in [0.1, 0.15) is 25.7 Å². The number of pyridine rings is 1. The lowest BCUT2D eigenvalue weighted by atomic mass is 10.3. The summed E-state index contributed by atoms with van der Waals surface area (Å²) in [5.74, 6) is 1.23. The van der Waals surface area contributed by atoms with Crippen molar-refractivity contribution in [3.05, 3.63) is 30.4 Å². The van der Waals surface area contributed by atoms with Gasteiger partial charge >= 0.3 is 0 Å². The van der Waals surface area contributed by atoms with Crippen LogP contribution in [0.25, 0.3) is 11.5 Å². The van der Waals surface area contributed by atoms with Crippen molar-refractivity contribution >= 4 is 0 Å².